The predicted octanol–water partition coefficient (Wildman–Crippen LogP) is 0.405. The number of aliphatic hydroxyl groups excluding tert-OH is 1. The van der Waals surface area contributed by atoms with Crippen LogP contribution in [-0.4, -0.2) is 52.4 Å². The summed E-state index contributed by atoms with van der Waals surface area (Å²) in [4.78, 5) is 22.3. The minimum atomic E-state index is -1.25. The number of aliphatic hydroxyl groups is 1. The van der Waals surface area contributed by atoms with Gasteiger partial charge in [0.1, 0.15) is 0 Å². The summed E-state index contributed by atoms with van der Waals surface area (Å²) in [6, 6.07) is -1.70. The fourth-order valence-corrected chi connectivity index (χ4v) is 3.03. The molecule has 1 rings (SSSR count). The molecule has 3 atom stereocenters. The van der Waals surface area contributed by atoms with Gasteiger partial charge in [-0.05, 0) is 19.1 Å². The number of aliphatic carboxylic acids is 1. The quantitative estimate of drug-likeness (QED) is 0.583. The molecule has 0 aromatic heterocycles. The van der Waals surface area contributed by atoms with E-state index >= 15 is 0 Å². The van der Waals surface area contributed by atoms with Crippen LogP contribution in [0.15, 0.2) is 0 Å². The van der Waals surface area contributed by atoms with Gasteiger partial charge in [0.15, 0.2) is 6.04 Å². The van der Waals surface area contributed by atoms with Gasteiger partial charge in [0, 0.05) is 11.3 Å². The number of carboxylic acid groups (broad SMARTS) is 1. The summed E-state index contributed by atoms with van der Waals surface area (Å²) in [5.41, 5.74) is 0. The molecule has 1 aliphatic rings. The van der Waals surface area contributed by atoms with Crippen molar-refractivity contribution in [2.45, 2.75) is 43.0 Å². The number of amides is 2. The number of carboxylic acids is 1. The predicted molar refractivity (Wildman–Crippen MR) is 69.7 cm³/mol. The maximum Gasteiger partial charge on any atom is 0.328 e. The number of nitrogens with one attached hydrogen (secondary N) is 2. The summed E-state index contributed by atoms with van der Waals surface area (Å²) < 4.78 is 0. The highest BCUT2D eigenvalue weighted by atomic mass is 32.2. The lowest BCUT2D eigenvalue weighted by atomic mass is 9.95. The third-order valence-corrected chi connectivity index (χ3v) is 4.28. The van der Waals surface area contributed by atoms with E-state index in [0.717, 1.165) is 19.3 Å². The second-order valence-electron chi connectivity index (χ2n) is 4.36. The summed E-state index contributed by atoms with van der Waals surface area (Å²) in [5, 5.41) is 23.0. The second kappa shape index (κ2) is 7.48. The average molecular weight is 276 g/mol. The molecule has 0 aromatic carbocycles. The molecule has 7 heteroatoms. The second-order valence-corrected chi connectivity index (χ2v) is 5.43. The molecule has 0 heterocycles. The third kappa shape index (κ3) is 4.38. The highest BCUT2D eigenvalue weighted by molar-refractivity contribution is 7.99. The average Bonchev–Trinajstić information content (AvgIpc) is 2.36. The molecule has 1 saturated carbocycles. The van der Waals surface area contributed by atoms with Crippen LogP contribution in [0.1, 0.15) is 25.7 Å². The van der Waals surface area contributed by atoms with Gasteiger partial charge in [-0.2, -0.15) is 11.8 Å². The van der Waals surface area contributed by atoms with Crippen LogP contribution in [0.25, 0.3) is 0 Å². The molecule has 0 spiro atoms. The van der Waals surface area contributed by atoms with Crippen LogP contribution in [0.2, 0.25) is 0 Å². The van der Waals surface area contributed by atoms with Crippen molar-refractivity contribution in [1.29, 1.82) is 0 Å². The first kappa shape index (κ1) is 15.1. The highest BCUT2D eigenvalue weighted by Gasteiger charge is 2.27. The SMILES string of the molecule is CSC1CCCCC1NC(=O)N[C@@H](CO)C(=O)O. The first-order chi connectivity index (χ1) is 8.58. The molecule has 0 saturated heterocycles. The van der Waals surface area contributed by atoms with E-state index in [0.29, 0.717) is 5.25 Å². The minimum absolute atomic E-state index is 0.0712. The Bertz CT molecular complexity index is 301. The van der Waals surface area contributed by atoms with E-state index in [1.807, 2.05) is 6.26 Å². The van der Waals surface area contributed by atoms with Crippen molar-refractivity contribution in [3.63, 3.8) is 0 Å². The third-order valence-electron chi connectivity index (χ3n) is 3.11. The van der Waals surface area contributed by atoms with Gasteiger partial charge in [0.2, 0.25) is 0 Å². The Morgan fingerprint density at radius 1 is 1.39 bits per heavy atom. The van der Waals surface area contributed by atoms with Crippen molar-refractivity contribution in [3.05, 3.63) is 0 Å². The first-order valence-corrected chi connectivity index (χ1v) is 7.30. The summed E-state index contributed by atoms with van der Waals surface area (Å²) >= 11 is 1.72. The van der Waals surface area contributed by atoms with Crippen molar-refractivity contribution in [2.24, 2.45) is 0 Å². The standard InChI is InChI=1S/C11H20N2O4S/c1-18-9-5-3-2-4-7(9)12-11(17)13-8(6-14)10(15)16/h7-9,14H,2-6H2,1H3,(H,15,16)(H2,12,13,17)/t7?,8-,9?/m0/s1. The smallest absolute Gasteiger partial charge is 0.328 e. The number of thioether (sulfide) groups is 1. The van der Waals surface area contributed by atoms with Gasteiger partial charge in [-0.25, -0.2) is 9.59 Å². The van der Waals surface area contributed by atoms with Crippen LogP contribution in [0.4, 0.5) is 4.79 Å². The minimum Gasteiger partial charge on any atom is -0.480 e. The van der Waals surface area contributed by atoms with Gasteiger partial charge in [0.25, 0.3) is 0 Å². The first-order valence-electron chi connectivity index (χ1n) is 6.02. The van der Waals surface area contributed by atoms with Gasteiger partial charge in [-0.1, -0.05) is 12.8 Å². The molecule has 104 valence electrons. The maximum absolute atomic E-state index is 11.6. The molecular weight excluding hydrogens is 256 g/mol. The molecule has 0 aliphatic heterocycles. The van der Waals surface area contributed by atoms with Gasteiger partial charge >= 0.3 is 12.0 Å². The topological polar surface area (TPSA) is 98.7 Å². The van der Waals surface area contributed by atoms with Crippen LogP contribution >= 0.6 is 11.8 Å². The Hall–Kier alpha value is -0.950. The van der Waals surface area contributed by atoms with E-state index < -0.39 is 24.6 Å². The van der Waals surface area contributed by atoms with E-state index in [-0.39, 0.29) is 6.04 Å². The van der Waals surface area contributed by atoms with Crippen LogP contribution in [0.3, 0.4) is 0 Å². The van der Waals surface area contributed by atoms with Crippen LogP contribution in [-0.2, 0) is 4.79 Å². The molecular formula is C11H20N2O4S. The Balaban J connectivity index is 2.45. The van der Waals surface area contributed by atoms with Gasteiger partial charge in [0.05, 0.1) is 6.61 Å². The molecule has 0 bridgehead atoms. The highest BCUT2D eigenvalue weighted by Crippen LogP contribution is 2.26. The van der Waals surface area contributed by atoms with E-state index in [9.17, 15) is 9.59 Å². The van der Waals surface area contributed by atoms with Crippen LogP contribution < -0.4 is 10.6 Å². The molecule has 4 N–H and O–H groups in total. The van der Waals surface area contributed by atoms with Crippen LogP contribution in [0.5, 0.6) is 0 Å². The lowest BCUT2D eigenvalue weighted by molar-refractivity contribution is -0.140. The zero-order chi connectivity index (χ0) is 13.5. The molecule has 0 radical (unpaired) electrons. The van der Waals surface area contributed by atoms with E-state index in [1.54, 1.807) is 11.8 Å². The summed E-state index contributed by atoms with van der Waals surface area (Å²) in [6.07, 6.45) is 6.23. The fraction of sp³-hybridized carbons (Fsp3) is 0.818. The lowest BCUT2D eigenvalue weighted by Gasteiger charge is -2.31. The number of carbonyl (C=O) groups is 2. The normalized spacial score (nSPS) is 25.2. The number of hydrogen-bond acceptors (Lipinski definition) is 4. The Labute approximate surface area is 111 Å². The van der Waals surface area contributed by atoms with Gasteiger partial charge in [-0.15, -0.1) is 0 Å². The van der Waals surface area contributed by atoms with E-state index in [1.165, 1.54) is 6.42 Å². The summed E-state index contributed by atoms with van der Waals surface area (Å²) in [6.45, 7) is -0.612. The number of rotatable bonds is 5. The fourth-order valence-electron chi connectivity index (χ4n) is 2.10. The van der Waals surface area contributed by atoms with Crippen molar-refractivity contribution in [2.75, 3.05) is 12.9 Å². The zero-order valence-electron chi connectivity index (χ0n) is 10.4. The maximum atomic E-state index is 11.6. The molecule has 18 heavy (non-hydrogen) atoms. The summed E-state index contributed by atoms with van der Waals surface area (Å²) in [5.74, 6) is -1.24. The molecule has 2 unspecified atom stereocenters. The molecule has 6 nitrogen and oxygen atoms in total. The monoisotopic (exact) mass is 276 g/mol. The largest absolute Gasteiger partial charge is 0.480 e. The Kier molecular flexibility index (Phi) is 6.28. The molecule has 2 amide bonds. The van der Waals surface area contributed by atoms with E-state index in [4.69, 9.17) is 10.2 Å². The van der Waals surface area contributed by atoms with Crippen molar-refractivity contribution < 1.29 is 19.8 Å². The van der Waals surface area contributed by atoms with Crippen molar-refractivity contribution >= 4 is 23.8 Å². The number of hydrogen-bond donors (Lipinski definition) is 4. The lowest BCUT2D eigenvalue weighted by Crippen LogP contribution is -2.53. The Morgan fingerprint density at radius 2 is 2.06 bits per heavy atom. The van der Waals surface area contributed by atoms with Crippen LogP contribution in [0, 0.1) is 0 Å². The zero-order valence-corrected chi connectivity index (χ0v) is 11.2. The molecule has 1 fully saturated rings. The molecule has 0 aromatic rings. The summed E-state index contributed by atoms with van der Waals surface area (Å²) in [7, 11) is 0. The number of carbonyl (C=O) groups excluding carboxylic acids is 1. The number of urea groups is 1. The van der Waals surface area contributed by atoms with Gasteiger partial charge < -0.3 is 20.8 Å². The Morgan fingerprint density at radius 3 is 2.61 bits per heavy atom. The van der Waals surface area contributed by atoms with Crippen molar-refractivity contribution in [3.8, 4) is 0 Å². The van der Waals surface area contributed by atoms with Gasteiger partial charge in [-0.3, -0.25) is 0 Å². The molecule has 1 aliphatic carbocycles. The van der Waals surface area contributed by atoms with E-state index in [2.05, 4.69) is 10.6 Å². The van der Waals surface area contributed by atoms with Crippen molar-refractivity contribution in [1.82, 2.24) is 10.6 Å².